The minimum atomic E-state index is -5.07. The van der Waals surface area contributed by atoms with E-state index in [1.165, 1.54) is 24.3 Å². The number of carbonyl (C=O) groups excluding carboxylic acids is 1. The number of halogens is 3. The van der Waals surface area contributed by atoms with Crippen LogP contribution in [0.4, 0.5) is 13.2 Å². The van der Waals surface area contributed by atoms with Gasteiger partial charge in [0.25, 0.3) is 5.78 Å². The highest BCUT2D eigenvalue weighted by atomic mass is 32.2. The number of carbonyl (C=O) groups is 1. The van der Waals surface area contributed by atoms with Crippen LogP contribution in [-0.2, 0) is 14.6 Å². The maximum Gasteiger partial charge on any atom is 0.454 e. The Balaban J connectivity index is 2.97. The van der Waals surface area contributed by atoms with Crippen LogP contribution in [-0.4, -0.2) is 20.4 Å². The number of sulfone groups is 1. The molecular formula is C10H7F3O3S. The molecule has 0 heterocycles. The molecule has 7 heteroatoms. The van der Waals surface area contributed by atoms with Crippen molar-refractivity contribution in [1.82, 2.24) is 0 Å². The number of benzene rings is 1. The molecule has 0 saturated carbocycles. The maximum atomic E-state index is 11.8. The molecule has 1 rings (SSSR count). The highest BCUT2D eigenvalue weighted by Crippen LogP contribution is 2.18. The molecule has 92 valence electrons. The van der Waals surface area contributed by atoms with Crippen LogP contribution in [0.5, 0.6) is 0 Å². The minimum absolute atomic E-state index is 0.00231. The number of rotatable bonds is 3. The summed E-state index contributed by atoms with van der Waals surface area (Å²) in [6, 6.07) is 6.84. The van der Waals surface area contributed by atoms with Crippen LogP contribution in [0.15, 0.2) is 46.7 Å². The summed E-state index contributed by atoms with van der Waals surface area (Å²) in [5.74, 6) is -2.21. The molecule has 1 aromatic carbocycles. The minimum Gasteiger partial charge on any atom is -0.285 e. The number of hydrogen-bond acceptors (Lipinski definition) is 3. The van der Waals surface area contributed by atoms with Crippen molar-refractivity contribution in [2.24, 2.45) is 0 Å². The van der Waals surface area contributed by atoms with Crippen LogP contribution in [0.1, 0.15) is 0 Å². The fraction of sp³-hybridized carbons (Fsp3) is 0.100. The molecule has 0 fully saturated rings. The van der Waals surface area contributed by atoms with Gasteiger partial charge in [0, 0.05) is 11.5 Å². The second-order valence-electron chi connectivity index (χ2n) is 3.02. The second kappa shape index (κ2) is 4.70. The lowest BCUT2D eigenvalue weighted by Gasteiger charge is -2.00. The number of hydrogen-bond donors (Lipinski definition) is 0. The molecule has 3 nitrogen and oxygen atoms in total. The van der Waals surface area contributed by atoms with Gasteiger partial charge in [0.15, 0.2) is 9.84 Å². The monoisotopic (exact) mass is 264 g/mol. The second-order valence-corrected chi connectivity index (χ2v) is 4.86. The van der Waals surface area contributed by atoms with Crippen molar-refractivity contribution in [3.8, 4) is 0 Å². The Hall–Kier alpha value is -1.63. The van der Waals surface area contributed by atoms with E-state index in [-0.39, 0.29) is 16.4 Å². The summed E-state index contributed by atoms with van der Waals surface area (Å²) in [7, 11) is -4.02. The molecule has 0 aliphatic rings. The van der Waals surface area contributed by atoms with Gasteiger partial charge in [-0.15, -0.1) is 0 Å². The Morgan fingerprint density at radius 1 is 1.12 bits per heavy atom. The van der Waals surface area contributed by atoms with Crippen LogP contribution in [0.3, 0.4) is 0 Å². The molecule has 0 unspecified atom stereocenters. The summed E-state index contributed by atoms with van der Waals surface area (Å²) in [4.78, 5) is 10.3. The van der Waals surface area contributed by atoms with Crippen molar-refractivity contribution >= 4 is 15.6 Å². The largest absolute Gasteiger partial charge is 0.454 e. The first kappa shape index (κ1) is 13.4. The summed E-state index contributed by atoms with van der Waals surface area (Å²) < 4.78 is 58.4. The van der Waals surface area contributed by atoms with Crippen LogP contribution >= 0.6 is 0 Å². The smallest absolute Gasteiger partial charge is 0.285 e. The normalized spacial score (nSPS) is 12.9. The van der Waals surface area contributed by atoms with Crippen LogP contribution in [0.25, 0.3) is 0 Å². The molecule has 0 aliphatic carbocycles. The molecule has 1 aromatic rings. The maximum absolute atomic E-state index is 11.8. The highest BCUT2D eigenvalue weighted by Gasteiger charge is 2.36. The van der Waals surface area contributed by atoms with Gasteiger partial charge in [0.2, 0.25) is 0 Å². The van der Waals surface area contributed by atoms with E-state index in [1.807, 2.05) is 0 Å². The molecule has 0 aromatic heterocycles. The lowest BCUT2D eigenvalue weighted by Crippen LogP contribution is -2.20. The van der Waals surface area contributed by atoms with E-state index in [0.717, 1.165) is 0 Å². The zero-order valence-corrected chi connectivity index (χ0v) is 9.12. The van der Waals surface area contributed by atoms with Gasteiger partial charge in [0.1, 0.15) is 0 Å². The Kier molecular flexibility index (Phi) is 3.72. The Bertz CT molecular complexity index is 530. The van der Waals surface area contributed by atoms with E-state index < -0.39 is 21.8 Å². The number of allylic oxidation sites excluding steroid dienone is 1. The average molecular weight is 264 g/mol. The highest BCUT2D eigenvalue weighted by molar-refractivity contribution is 7.94. The van der Waals surface area contributed by atoms with Crippen molar-refractivity contribution in [1.29, 1.82) is 0 Å². The predicted molar refractivity (Wildman–Crippen MR) is 53.8 cm³/mol. The molecule has 0 spiro atoms. The molecule has 0 atom stereocenters. The van der Waals surface area contributed by atoms with Gasteiger partial charge in [0.05, 0.1) is 4.90 Å². The summed E-state index contributed by atoms with van der Waals surface area (Å²) in [5.41, 5.74) is 0. The van der Waals surface area contributed by atoms with E-state index in [9.17, 15) is 26.4 Å². The van der Waals surface area contributed by atoms with E-state index >= 15 is 0 Å². The van der Waals surface area contributed by atoms with Gasteiger partial charge >= 0.3 is 6.18 Å². The van der Waals surface area contributed by atoms with Gasteiger partial charge in [-0.1, -0.05) is 18.2 Å². The van der Waals surface area contributed by atoms with Crippen LogP contribution < -0.4 is 0 Å². The first-order valence-corrected chi connectivity index (χ1v) is 5.87. The third kappa shape index (κ3) is 3.70. The van der Waals surface area contributed by atoms with Crippen molar-refractivity contribution in [3.05, 3.63) is 41.8 Å². The van der Waals surface area contributed by atoms with Crippen LogP contribution in [0, 0.1) is 0 Å². The predicted octanol–water partition coefficient (Wildman–Crippen LogP) is 2.11. The first-order chi connectivity index (χ1) is 7.73. The zero-order chi connectivity index (χ0) is 13.1. The summed E-state index contributed by atoms with van der Waals surface area (Å²) in [6.45, 7) is 0. The van der Waals surface area contributed by atoms with Crippen LogP contribution in [0.2, 0.25) is 0 Å². The number of ketones is 1. The molecule has 0 bridgehead atoms. The lowest BCUT2D eigenvalue weighted by atomic mass is 10.4. The van der Waals surface area contributed by atoms with Gasteiger partial charge in [-0.3, -0.25) is 4.79 Å². The summed E-state index contributed by atoms with van der Waals surface area (Å²) >= 11 is 0. The van der Waals surface area contributed by atoms with Gasteiger partial charge in [-0.25, -0.2) is 8.42 Å². The zero-order valence-electron chi connectivity index (χ0n) is 8.31. The molecule has 0 amide bonds. The van der Waals surface area contributed by atoms with E-state index in [1.54, 1.807) is 6.07 Å². The molecule has 0 N–H and O–H groups in total. The quantitative estimate of drug-likeness (QED) is 0.785. The standard InChI is InChI=1S/C10H7F3O3S/c11-10(12,13)9(14)6-7-17(15,16)8-4-2-1-3-5-8/h1-7H/b7-6+. The molecule has 17 heavy (non-hydrogen) atoms. The van der Waals surface area contributed by atoms with Gasteiger partial charge in [-0.05, 0) is 12.1 Å². The molecule has 0 saturated heterocycles. The van der Waals surface area contributed by atoms with Crippen molar-refractivity contribution in [3.63, 3.8) is 0 Å². The SMILES string of the molecule is O=C(/C=C/S(=O)(=O)c1ccccc1)C(F)(F)F. The molecule has 0 aliphatic heterocycles. The van der Waals surface area contributed by atoms with E-state index in [4.69, 9.17) is 0 Å². The first-order valence-electron chi connectivity index (χ1n) is 4.33. The summed E-state index contributed by atoms with van der Waals surface area (Å²) in [5, 5.41) is 0.248. The van der Waals surface area contributed by atoms with E-state index in [0.29, 0.717) is 0 Å². The Labute approximate surface area is 95.5 Å². The van der Waals surface area contributed by atoms with Gasteiger partial charge < -0.3 is 0 Å². The Morgan fingerprint density at radius 3 is 2.12 bits per heavy atom. The molecular weight excluding hydrogens is 257 g/mol. The fourth-order valence-electron chi connectivity index (χ4n) is 0.935. The summed E-state index contributed by atoms with van der Waals surface area (Å²) in [6.07, 6.45) is -5.06. The third-order valence-electron chi connectivity index (χ3n) is 1.75. The third-order valence-corrected chi connectivity index (χ3v) is 3.17. The Morgan fingerprint density at radius 2 is 1.65 bits per heavy atom. The van der Waals surface area contributed by atoms with E-state index in [2.05, 4.69) is 0 Å². The van der Waals surface area contributed by atoms with Gasteiger partial charge in [-0.2, -0.15) is 13.2 Å². The lowest BCUT2D eigenvalue weighted by molar-refractivity contribution is -0.165. The van der Waals surface area contributed by atoms with Crippen molar-refractivity contribution < 1.29 is 26.4 Å². The topological polar surface area (TPSA) is 51.2 Å². The number of alkyl halides is 3. The fourth-order valence-corrected chi connectivity index (χ4v) is 1.93. The van der Waals surface area contributed by atoms with Crippen molar-refractivity contribution in [2.75, 3.05) is 0 Å². The average Bonchev–Trinajstić information content (AvgIpc) is 2.26. The molecule has 0 radical (unpaired) electrons. The van der Waals surface area contributed by atoms with Crippen molar-refractivity contribution in [2.45, 2.75) is 11.1 Å².